The molecule has 3 rings (SSSR count). The summed E-state index contributed by atoms with van der Waals surface area (Å²) in [5.74, 6) is 6.52. The number of rotatable bonds is 8. The second kappa shape index (κ2) is 12.1. The fraction of sp³-hybridized carbons (Fsp3) is 0.222. The van der Waals surface area contributed by atoms with E-state index < -0.39 is 7.14 Å². The Balaban J connectivity index is 1.95. The van der Waals surface area contributed by atoms with Crippen LogP contribution in [0.2, 0.25) is 5.02 Å². The number of aromatic nitrogens is 2. The molecule has 0 unspecified atom stereocenters. The fourth-order valence-electron chi connectivity index (χ4n) is 3.34. The lowest BCUT2D eigenvalue weighted by molar-refractivity contribution is -0.111. The van der Waals surface area contributed by atoms with Crippen molar-refractivity contribution in [2.75, 3.05) is 49.9 Å². The largest absolute Gasteiger partial charge is 0.338 e. The predicted molar refractivity (Wildman–Crippen MR) is 155 cm³/mol. The van der Waals surface area contributed by atoms with E-state index in [1.54, 1.807) is 19.4 Å². The summed E-state index contributed by atoms with van der Waals surface area (Å²) in [6, 6.07) is 11.0. The van der Waals surface area contributed by atoms with Crippen LogP contribution in [-0.2, 0) is 9.36 Å². The maximum Gasteiger partial charge on any atom is 0.247 e. The van der Waals surface area contributed by atoms with Gasteiger partial charge in [-0.3, -0.25) is 9.69 Å². The first-order valence-corrected chi connectivity index (χ1v) is 14.4. The Kier molecular flexibility index (Phi) is 9.12. The van der Waals surface area contributed by atoms with Crippen molar-refractivity contribution in [1.82, 2.24) is 14.9 Å². The van der Waals surface area contributed by atoms with Gasteiger partial charge in [0.25, 0.3) is 0 Å². The van der Waals surface area contributed by atoms with Gasteiger partial charge in [-0.2, -0.15) is 4.98 Å². The van der Waals surface area contributed by atoms with E-state index in [0.717, 1.165) is 5.56 Å². The molecule has 192 valence electrons. The van der Waals surface area contributed by atoms with Gasteiger partial charge in [0, 0.05) is 16.6 Å². The molecule has 0 fully saturated rings. The third-order valence-electron chi connectivity index (χ3n) is 5.15. The third-order valence-corrected chi connectivity index (χ3v) is 6.98. The highest BCUT2D eigenvalue weighted by Crippen LogP contribution is 2.38. The van der Waals surface area contributed by atoms with Crippen LogP contribution in [0.25, 0.3) is 0 Å². The van der Waals surface area contributed by atoms with Crippen LogP contribution in [0.15, 0.2) is 55.3 Å². The molecule has 1 amide bonds. The van der Waals surface area contributed by atoms with E-state index in [-0.39, 0.29) is 11.9 Å². The van der Waals surface area contributed by atoms with Gasteiger partial charge in [0.05, 0.1) is 24.1 Å². The minimum atomic E-state index is -2.54. The number of benzene rings is 2. The highest BCUT2D eigenvalue weighted by atomic mass is 35.5. The number of hydrogen-bond donors (Lipinski definition) is 3. The van der Waals surface area contributed by atoms with Crippen LogP contribution in [-0.4, -0.2) is 54.7 Å². The highest BCUT2D eigenvalue weighted by molar-refractivity contribution is 7.70. The molecule has 0 aliphatic carbocycles. The monoisotopic (exact) mass is 536 g/mol. The number of nitrogens with one attached hydrogen (secondary N) is 3. The molecule has 3 aromatic rings. The van der Waals surface area contributed by atoms with Crippen molar-refractivity contribution in [3.8, 4) is 11.8 Å². The van der Waals surface area contributed by atoms with E-state index in [9.17, 15) is 9.36 Å². The van der Waals surface area contributed by atoms with Crippen LogP contribution >= 0.6 is 18.7 Å². The molecule has 0 aliphatic heterocycles. The Morgan fingerprint density at radius 2 is 1.89 bits per heavy atom. The first-order chi connectivity index (χ1) is 17.5. The summed E-state index contributed by atoms with van der Waals surface area (Å²) in [7, 11) is 1.33. The number of carbonyl (C=O) groups excluding carboxylic acids is 1. The minimum absolute atomic E-state index is 0.288. The molecule has 10 heteroatoms. The zero-order chi connectivity index (χ0) is 27.2. The maximum absolute atomic E-state index is 12.7. The van der Waals surface area contributed by atoms with Crippen molar-refractivity contribution >= 4 is 58.8 Å². The number of para-hydroxylation sites is 1. The van der Waals surface area contributed by atoms with Gasteiger partial charge in [-0.15, -0.1) is 0 Å². The number of carbonyl (C=O) groups is 1. The fourth-order valence-corrected chi connectivity index (χ4v) is 4.63. The molecular weight excluding hydrogens is 507 g/mol. The van der Waals surface area contributed by atoms with E-state index in [4.69, 9.17) is 11.6 Å². The molecule has 3 N–H and O–H groups in total. The molecule has 1 aromatic heterocycles. The maximum atomic E-state index is 12.7. The predicted octanol–water partition coefficient (Wildman–Crippen LogP) is 5.21. The lowest BCUT2D eigenvalue weighted by Crippen LogP contribution is -2.12. The topological polar surface area (TPSA) is 99.2 Å². The Labute approximate surface area is 222 Å². The number of amides is 1. The molecule has 0 saturated carbocycles. The van der Waals surface area contributed by atoms with Crippen LogP contribution in [0.1, 0.15) is 11.1 Å². The van der Waals surface area contributed by atoms with E-state index in [0.29, 0.717) is 45.3 Å². The van der Waals surface area contributed by atoms with E-state index in [1.807, 2.05) is 56.3 Å². The van der Waals surface area contributed by atoms with Crippen molar-refractivity contribution < 1.29 is 9.36 Å². The van der Waals surface area contributed by atoms with Gasteiger partial charge in [-0.25, -0.2) is 4.98 Å². The molecule has 37 heavy (non-hydrogen) atoms. The SMILES string of the molecule is C=CC(=O)Nc1cc(Nc2ncc(Cl)c(Nc3ccccc3P(C)(C)=O)n2)c(C)cc1C#CCN(C)C. The summed E-state index contributed by atoms with van der Waals surface area (Å²) >= 11 is 6.38. The van der Waals surface area contributed by atoms with Crippen LogP contribution in [0.5, 0.6) is 0 Å². The quantitative estimate of drug-likeness (QED) is 0.206. The lowest BCUT2D eigenvalue weighted by atomic mass is 10.1. The number of aryl methyl sites for hydroxylation is 1. The van der Waals surface area contributed by atoms with E-state index in [2.05, 4.69) is 44.3 Å². The average Bonchev–Trinajstić information content (AvgIpc) is 2.83. The summed E-state index contributed by atoms with van der Waals surface area (Å²) in [5.41, 5.74) is 3.43. The number of halogens is 1. The van der Waals surface area contributed by atoms with Crippen molar-refractivity contribution in [2.24, 2.45) is 0 Å². The van der Waals surface area contributed by atoms with Gasteiger partial charge in [0.1, 0.15) is 12.2 Å². The molecule has 8 nitrogen and oxygen atoms in total. The van der Waals surface area contributed by atoms with Crippen LogP contribution < -0.4 is 21.3 Å². The Bertz CT molecular complexity index is 1440. The highest BCUT2D eigenvalue weighted by Gasteiger charge is 2.17. The molecule has 0 radical (unpaired) electrons. The van der Waals surface area contributed by atoms with Crippen molar-refractivity contribution in [2.45, 2.75) is 6.92 Å². The van der Waals surface area contributed by atoms with Crippen molar-refractivity contribution in [1.29, 1.82) is 0 Å². The molecule has 0 atom stereocenters. The Morgan fingerprint density at radius 1 is 1.16 bits per heavy atom. The first-order valence-electron chi connectivity index (χ1n) is 11.4. The van der Waals surface area contributed by atoms with Crippen LogP contribution in [0, 0.1) is 18.8 Å². The summed E-state index contributed by atoms with van der Waals surface area (Å²) < 4.78 is 12.7. The van der Waals surface area contributed by atoms with Gasteiger partial charge in [-0.05, 0) is 70.3 Å². The average molecular weight is 537 g/mol. The molecule has 2 aromatic carbocycles. The summed E-state index contributed by atoms with van der Waals surface area (Å²) in [4.78, 5) is 22.8. The molecule has 0 bridgehead atoms. The molecular formula is C27H30ClN6O2P. The third kappa shape index (κ3) is 7.68. The summed E-state index contributed by atoms with van der Waals surface area (Å²) in [5, 5.41) is 10.2. The van der Waals surface area contributed by atoms with Gasteiger partial charge < -0.3 is 20.5 Å². The summed E-state index contributed by atoms with van der Waals surface area (Å²) in [6.07, 6.45) is 2.68. The van der Waals surface area contributed by atoms with E-state index >= 15 is 0 Å². The second-order valence-electron chi connectivity index (χ2n) is 8.95. The smallest absolute Gasteiger partial charge is 0.247 e. The number of nitrogens with zero attached hydrogens (tertiary/aromatic N) is 3. The molecule has 0 aliphatic rings. The van der Waals surface area contributed by atoms with Gasteiger partial charge in [0.2, 0.25) is 11.9 Å². The first kappa shape index (κ1) is 27.9. The normalized spacial score (nSPS) is 10.9. The van der Waals surface area contributed by atoms with Gasteiger partial charge in [-0.1, -0.05) is 42.2 Å². The zero-order valence-electron chi connectivity index (χ0n) is 21.5. The lowest BCUT2D eigenvalue weighted by Gasteiger charge is -2.16. The molecule has 1 heterocycles. The number of hydrogen-bond acceptors (Lipinski definition) is 7. The summed E-state index contributed by atoms with van der Waals surface area (Å²) in [6.45, 7) is 9.45. The van der Waals surface area contributed by atoms with Gasteiger partial charge in [0.15, 0.2) is 5.82 Å². The van der Waals surface area contributed by atoms with Crippen LogP contribution in [0.3, 0.4) is 0 Å². The van der Waals surface area contributed by atoms with Crippen molar-refractivity contribution in [3.05, 3.63) is 71.4 Å². The Morgan fingerprint density at radius 3 is 2.57 bits per heavy atom. The molecule has 0 saturated heterocycles. The minimum Gasteiger partial charge on any atom is -0.338 e. The van der Waals surface area contributed by atoms with Crippen molar-refractivity contribution in [3.63, 3.8) is 0 Å². The molecule has 0 spiro atoms. The Hall–Kier alpha value is -3.63. The standard InChI is InChI=1S/C27H30ClN6O2P/c1-7-25(35)30-23-16-22(18(2)15-19(23)11-10-14-34(3)4)32-27-29-17-20(28)26(33-27)31-21-12-8-9-13-24(21)37(5,6)36/h7-9,12-13,15-17H,1,14H2,2-6H3,(H,30,35)(H2,29,31,32,33). The van der Waals surface area contributed by atoms with Crippen LogP contribution in [0.4, 0.5) is 28.8 Å². The number of anilines is 5. The van der Waals surface area contributed by atoms with Gasteiger partial charge >= 0.3 is 0 Å². The second-order valence-corrected chi connectivity index (χ2v) is 12.5. The zero-order valence-corrected chi connectivity index (χ0v) is 23.2. The van der Waals surface area contributed by atoms with E-state index in [1.165, 1.54) is 12.3 Å².